The molecular weight excluding hydrogens is 390 g/mol. The molecule has 1 fully saturated rings. The highest BCUT2D eigenvalue weighted by Gasteiger charge is 2.33. The van der Waals surface area contributed by atoms with Crippen molar-refractivity contribution in [2.45, 2.75) is 60.3 Å². The Bertz CT molecular complexity index is 932. The molecule has 31 heavy (non-hydrogen) atoms. The summed E-state index contributed by atoms with van der Waals surface area (Å²) in [4.78, 5) is 27.8. The molecule has 1 atom stereocenters. The van der Waals surface area contributed by atoms with Gasteiger partial charge in [-0.25, -0.2) is 4.68 Å². The van der Waals surface area contributed by atoms with Crippen LogP contribution in [0.1, 0.15) is 67.8 Å². The summed E-state index contributed by atoms with van der Waals surface area (Å²) in [6.07, 6.45) is 3.02. The molecule has 0 aliphatic carbocycles. The number of carbonyl (C=O) groups is 2. The first kappa shape index (κ1) is 23.0. The SMILES string of the molecule is CCOC(=O)[C@H]1CCCN(C(=O)c2c(CC(C)C)nn(-c3cccc(C)c3)c2CC)C1. The van der Waals surface area contributed by atoms with Gasteiger partial charge in [0.05, 0.1) is 35.2 Å². The van der Waals surface area contributed by atoms with E-state index in [-0.39, 0.29) is 17.8 Å². The van der Waals surface area contributed by atoms with Crippen molar-refractivity contribution in [2.24, 2.45) is 11.8 Å². The van der Waals surface area contributed by atoms with E-state index < -0.39 is 0 Å². The maximum absolute atomic E-state index is 13.7. The Labute approximate surface area is 185 Å². The molecule has 1 aliphatic heterocycles. The molecule has 6 heteroatoms. The lowest BCUT2D eigenvalue weighted by Crippen LogP contribution is -2.43. The predicted molar refractivity (Wildman–Crippen MR) is 121 cm³/mol. The Morgan fingerprint density at radius 3 is 2.68 bits per heavy atom. The first-order chi connectivity index (χ1) is 14.8. The molecule has 0 N–H and O–H groups in total. The molecule has 1 aromatic carbocycles. The van der Waals surface area contributed by atoms with Gasteiger partial charge in [-0.15, -0.1) is 0 Å². The van der Waals surface area contributed by atoms with Gasteiger partial charge in [0.15, 0.2) is 0 Å². The predicted octanol–water partition coefficient (Wildman–Crippen LogP) is 4.36. The normalized spacial score (nSPS) is 16.6. The van der Waals surface area contributed by atoms with E-state index in [0.29, 0.717) is 37.6 Å². The molecule has 1 amide bonds. The second kappa shape index (κ2) is 10.1. The van der Waals surface area contributed by atoms with Gasteiger partial charge in [0.2, 0.25) is 0 Å². The molecule has 1 aromatic heterocycles. The molecular formula is C25H35N3O3. The number of amides is 1. The summed E-state index contributed by atoms with van der Waals surface area (Å²) in [5.74, 6) is -0.0807. The topological polar surface area (TPSA) is 64.4 Å². The van der Waals surface area contributed by atoms with E-state index in [0.717, 1.165) is 41.9 Å². The van der Waals surface area contributed by atoms with Crippen LogP contribution in [-0.4, -0.2) is 46.3 Å². The Hall–Kier alpha value is -2.63. The van der Waals surface area contributed by atoms with Crippen LogP contribution in [0.4, 0.5) is 0 Å². The molecule has 0 spiro atoms. The minimum atomic E-state index is -0.247. The summed E-state index contributed by atoms with van der Waals surface area (Å²) < 4.78 is 7.15. The number of aryl methyl sites for hydroxylation is 1. The smallest absolute Gasteiger partial charge is 0.310 e. The van der Waals surface area contributed by atoms with Crippen molar-refractivity contribution in [3.8, 4) is 5.69 Å². The van der Waals surface area contributed by atoms with Crippen LogP contribution in [0.3, 0.4) is 0 Å². The number of benzene rings is 1. The van der Waals surface area contributed by atoms with Gasteiger partial charge < -0.3 is 9.64 Å². The largest absolute Gasteiger partial charge is 0.466 e. The fourth-order valence-electron chi connectivity index (χ4n) is 4.35. The lowest BCUT2D eigenvalue weighted by molar-refractivity contribution is -0.149. The molecule has 1 saturated heterocycles. The monoisotopic (exact) mass is 425 g/mol. The Morgan fingerprint density at radius 2 is 2.03 bits per heavy atom. The van der Waals surface area contributed by atoms with Gasteiger partial charge >= 0.3 is 5.97 Å². The van der Waals surface area contributed by atoms with Crippen molar-refractivity contribution in [3.05, 3.63) is 46.8 Å². The summed E-state index contributed by atoms with van der Waals surface area (Å²) >= 11 is 0. The van der Waals surface area contributed by atoms with Gasteiger partial charge in [0.1, 0.15) is 0 Å². The summed E-state index contributed by atoms with van der Waals surface area (Å²) in [7, 11) is 0. The van der Waals surface area contributed by atoms with Crippen LogP contribution in [0.25, 0.3) is 5.69 Å². The zero-order chi connectivity index (χ0) is 22.5. The summed E-state index contributed by atoms with van der Waals surface area (Å²) in [6, 6.07) is 8.20. The number of rotatable bonds is 7. The number of carbonyl (C=O) groups excluding carboxylic acids is 2. The van der Waals surface area contributed by atoms with Crippen LogP contribution in [0.2, 0.25) is 0 Å². The van der Waals surface area contributed by atoms with Crippen LogP contribution in [0.15, 0.2) is 24.3 Å². The third kappa shape index (κ3) is 5.17. The molecule has 6 nitrogen and oxygen atoms in total. The fraction of sp³-hybridized carbons (Fsp3) is 0.560. The number of aromatic nitrogens is 2. The van der Waals surface area contributed by atoms with Crippen LogP contribution in [0.5, 0.6) is 0 Å². The van der Waals surface area contributed by atoms with Crippen LogP contribution >= 0.6 is 0 Å². The highest BCUT2D eigenvalue weighted by Crippen LogP contribution is 2.27. The molecule has 0 saturated carbocycles. The van der Waals surface area contributed by atoms with Gasteiger partial charge in [-0.2, -0.15) is 5.10 Å². The average Bonchev–Trinajstić information content (AvgIpc) is 3.11. The van der Waals surface area contributed by atoms with Crippen LogP contribution in [-0.2, 0) is 22.4 Å². The minimum Gasteiger partial charge on any atom is -0.466 e. The number of hydrogen-bond acceptors (Lipinski definition) is 4. The van der Waals surface area contributed by atoms with Gasteiger partial charge in [0, 0.05) is 13.1 Å². The molecule has 3 rings (SSSR count). The van der Waals surface area contributed by atoms with Crippen molar-refractivity contribution in [1.82, 2.24) is 14.7 Å². The zero-order valence-electron chi connectivity index (χ0n) is 19.5. The first-order valence-corrected chi connectivity index (χ1v) is 11.5. The van der Waals surface area contributed by atoms with Crippen LogP contribution in [0, 0.1) is 18.8 Å². The summed E-state index contributed by atoms with van der Waals surface area (Å²) in [5, 5.41) is 4.91. The molecule has 0 unspecified atom stereocenters. The number of nitrogens with zero attached hydrogens (tertiary/aromatic N) is 3. The van der Waals surface area contributed by atoms with Crippen LogP contribution < -0.4 is 0 Å². The summed E-state index contributed by atoms with van der Waals surface area (Å²) in [6.45, 7) is 11.7. The van der Waals surface area contributed by atoms with Crippen molar-refractivity contribution < 1.29 is 14.3 Å². The number of likely N-dealkylation sites (tertiary alicyclic amines) is 1. The molecule has 168 valence electrons. The minimum absolute atomic E-state index is 0.0135. The first-order valence-electron chi connectivity index (χ1n) is 11.5. The average molecular weight is 426 g/mol. The second-order valence-electron chi connectivity index (χ2n) is 8.81. The lowest BCUT2D eigenvalue weighted by Gasteiger charge is -2.31. The van der Waals surface area contributed by atoms with Gasteiger partial charge in [-0.3, -0.25) is 9.59 Å². The van der Waals surface area contributed by atoms with E-state index in [9.17, 15) is 9.59 Å². The van der Waals surface area contributed by atoms with E-state index >= 15 is 0 Å². The lowest BCUT2D eigenvalue weighted by atomic mass is 9.96. The Morgan fingerprint density at radius 1 is 1.26 bits per heavy atom. The highest BCUT2D eigenvalue weighted by molar-refractivity contribution is 5.97. The molecule has 0 radical (unpaired) electrons. The maximum Gasteiger partial charge on any atom is 0.310 e. The summed E-state index contributed by atoms with van der Waals surface area (Å²) in [5.41, 5.74) is 4.62. The Kier molecular flexibility index (Phi) is 7.52. The molecule has 0 bridgehead atoms. The standard InChI is InChI=1S/C25H35N3O3/c1-6-22-23(24(29)27-13-9-11-19(16-27)25(30)31-7-2)21(14-17(3)4)26-28(22)20-12-8-10-18(5)15-20/h8,10,12,15,17,19H,6-7,9,11,13-14,16H2,1-5H3/t19-/m0/s1. The van der Waals surface area contributed by atoms with E-state index in [1.807, 2.05) is 28.6 Å². The third-order valence-electron chi connectivity index (χ3n) is 5.78. The number of hydrogen-bond donors (Lipinski definition) is 0. The van der Waals surface area contributed by atoms with Crippen molar-refractivity contribution in [1.29, 1.82) is 0 Å². The quantitative estimate of drug-likeness (QED) is 0.619. The highest BCUT2D eigenvalue weighted by atomic mass is 16.5. The number of piperidine rings is 1. The van der Waals surface area contributed by atoms with E-state index in [1.54, 1.807) is 0 Å². The fourth-order valence-corrected chi connectivity index (χ4v) is 4.35. The molecule has 1 aliphatic rings. The van der Waals surface area contributed by atoms with Crippen molar-refractivity contribution in [3.63, 3.8) is 0 Å². The third-order valence-corrected chi connectivity index (χ3v) is 5.78. The second-order valence-corrected chi connectivity index (χ2v) is 8.81. The van der Waals surface area contributed by atoms with Gasteiger partial charge in [-0.1, -0.05) is 32.9 Å². The van der Waals surface area contributed by atoms with E-state index in [4.69, 9.17) is 9.84 Å². The zero-order valence-corrected chi connectivity index (χ0v) is 19.5. The van der Waals surface area contributed by atoms with Gasteiger partial charge in [0.25, 0.3) is 5.91 Å². The maximum atomic E-state index is 13.7. The molecule has 2 aromatic rings. The van der Waals surface area contributed by atoms with E-state index in [1.165, 1.54) is 0 Å². The number of esters is 1. The Balaban J connectivity index is 2.00. The molecule has 2 heterocycles. The number of ether oxygens (including phenoxy) is 1. The van der Waals surface area contributed by atoms with Crippen molar-refractivity contribution >= 4 is 11.9 Å². The van der Waals surface area contributed by atoms with Crippen molar-refractivity contribution in [2.75, 3.05) is 19.7 Å². The van der Waals surface area contributed by atoms with E-state index in [2.05, 4.69) is 39.8 Å². The van der Waals surface area contributed by atoms with Gasteiger partial charge in [-0.05, 0) is 63.1 Å².